The number of imidazole rings is 1. The predicted molar refractivity (Wildman–Crippen MR) is 68.7 cm³/mol. The molecule has 1 fully saturated rings. The minimum absolute atomic E-state index is 0.296. The number of hydrogen-bond donors (Lipinski definition) is 1. The molecule has 1 saturated carbocycles. The highest BCUT2D eigenvalue weighted by Gasteiger charge is 2.41. The van der Waals surface area contributed by atoms with Gasteiger partial charge in [-0.05, 0) is 42.9 Å². The summed E-state index contributed by atoms with van der Waals surface area (Å²) in [5.74, 6) is -0.904. The molecule has 1 aliphatic carbocycles. The zero-order valence-electron chi connectivity index (χ0n) is 10.4. The standard InChI is InChI=1S/C14H16N2O2/c1-2-14(5-6-14)8-16-9-15-11-7-10(13(17)18)3-4-12(11)16/h3-4,7,9H,2,5-6,8H2,1H3,(H,17,18). The summed E-state index contributed by atoms with van der Waals surface area (Å²) in [6.07, 6.45) is 5.60. The van der Waals surface area contributed by atoms with E-state index in [1.54, 1.807) is 12.1 Å². The van der Waals surface area contributed by atoms with E-state index in [4.69, 9.17) is 5.11 Å². The molecule has 1 aromatic carbocycles. The molecule has 4 heteroatoms. The SMILES string of the molecule is CCC1(Cn2cnc3cc(C(=O)O)ccc32)CC1. The molecule has 94 valence electrons. The van der Waals surface area contributed by atoms with Crippen molar-refractivity contribution in [1.29, 1.82) is 0 Å². The number of rotatable bonds is 4. The first-order valence-corrected chi connectivity index (χ1v) is 6.32. The maximum absolute atomic E-state index is 10.9. The monoisotopic (exact) mass is 244 g/mol. The first-order chi connectivity index (χ1) is 8.63. The maximum atomic E-state index is 10.9. The summed E-state index contributed by atoms with van der Waals surface area (Å²) < 4.78 is 2.15. The van der Waals surface area contributed by atoms with Crippen molar-refractivity contribution in [3.63, 3.8) is 0 Å². The van der Waals surface area contributed by atoms with Gasteiger partial charge in [0.25, 0.3) is 0 Å². The molecule has 0 aliphatic heterocycles. The average Bonchev–Trinajstić information content (AvgIpc) is 3.04. The molecular formula is C14H16N2O2. The van der Waals surface area contributed by atoms with Crippen LogP contribution in [0.1, 0.15) is 36.5 Å². The molecule has 0 saturated heterocycles. The van der Waals surface area contributed by atoms with Crippen LogP contribution in [0, 0.1) is 5.41 Å². The molecule has 0 spiro atoms. The van der Waals surface area contributed by atoms with Crippen LogP contribution in [0.3, 0.4) is 0 Å². The third kappa shape index (κ3) is 1.78. The largest absolute Gasteiger partial charge is 0.478 e. The number of aromatic carboxylic acids is 1. The first kappa shape index (κ1) is 11.3. The molecule has 4 nitrogen and oxygen atoms in total. The van der Waals surface area contributed by atoms with Crippen molar-refractivity contribution in [3.05, 3.63) is 30.1 Å². The molecule has 0 radical (unpaired) electrons. The summed E-state index contributed by atoms with van der Waals surface area (Å²) >= 11 is 0. The summed E-state index contributed by atoms with van der Waals surface area (Å²) in [7, 11) is 0. The number of carbonyl (C=O) groups is 1. The van der Waals surface area contributed by atoms with Crippen LogP contribution >= 0.6 is 0 Å². The molecule has 18 heavy (non-hydrogen) atoms. The van der Waals surface area contributed by atoms with E-state index in [9.17, 15) is 4.79 Å². The highest BCUT2D eigenvalue weighted by atomic mass is 16.4. The van der Waals surface area contributed by atoms with Crippen LogP contribution in [0.5, 0.6) is 0 Å². The predicted octanol–water partition coefficient (Wildman–Crippen LogP) is 2.92. The fourth-order valence-corrected chi connectivity index (χ4v) is 2.48. The van der Waals surface area contributed by atoms with Crippen LogP contribution in [0.25, 0.3) is 11.0 Å². The van der Waals surface area contributed by atoms with Gasteiger partial charge in [0.1, 0.15) is 0 Å². The number of hydrogen-bond acceptors (Lipinski definition) is 2. The second kappa shape index (κ2) is 3.83. The Balaban J connectivity index is 1.97. The van der Waals surface area contributed by atoms with Gasteiger partial charge in [0.2, 0.25) is 0 Å². The van der Waals surface area contributed by atoms with E-state index in [0.717, 1.165) is 17.6 Å². The Morgan fingerprint density at radius 3 is 2.89 bits per heavy atom. The van der Waals surface area contributed by atoms with E-state index in [1.165, 1.54) is 19.3 Å². The zero-order valence-corrected chi connectivity index (χ0v) is 10.4. The summed E-state index contributed by atoms with van der Waals surface area (Å²) in [4.78, 5) is 15.2. The van der Waals surface area contributed by atoms with E-state index < -0.39 is 5.97 Å². The molecule has 1 aromatic heterocycles. The summed E-state index contributed by atoms with van der Waals surface area (Å²) in [6.45, 7) is 3.22. The summed E-state index contributed by atoms with van der Waals surface area (Å²) in [5, 5.41) is 8.95. The second-order valence-corrected chi connectivity index (χ2v) is 5.23. The highest BCUT2D eigenvalue weighted by molar-refractivity contribution is 5.92. The fourth-order valence-electron chi connectivity index (χ4n) is 2.48. The lowest BCUT2D eigenvalue weighted by Gasteiger charge is -2.13. The van der Waals surface area contributed by atoms with Gasteiger partial charge in [0.05, 0.1) is 22.9 Å². The lowest BCUT2D eigenvalue weighted by atomic mass is 10.0. The number of benzene rings is 1. The molecule has 0 amide bonds. The lowest BCUT2D eigenvalue weighted by Crippen LogP contribution is -2.09. The third-order valence-electron chi connectivity index (χ3n) is 4.08. The topological polar surface area (TPSA) is 55.1 Å². The first-order valence-electron chi connectivity index (χ1n) is 6.32. The molecular weight excluding hydrogens is 228 g/mol. The Labute approximate surface area is 105 Å². The van der Waals surface area contributed by atoms with Crippen LogP contribution in [0.15, 0.2) is 24.5 Å². The van der Waals surface area contributed by atoms with E-state index in [-0.39, 0.29) is 0 Å². The van der Waals surface area contributed by atoms with Crippen molar-refractivity contribution >= 4 is 17.0 Å². The van der Waals surface area contributed by atoms with Crippen molar-refractivity contribution < 1.29 is 9.90 Å². The van der Waals surface area contributed by atoms with Crippen LogP contribution in [0.4, 0.5) is 0 Å². The van der Waals surface area contributed by atoms with Gasteiger partial charge < -0.3 is 9.67 Å². The van der Waals surface area contributed by atoms with E-state index in [1.807, 2.05) is 12.4 Å². The zero-order chi connectivity index (χ0) is 12.8. The Hall–Kier alpha value is -1.84. The van der Waals surface area contributed by atoms with Gasteiger partial charge in [0, 0.05) is 6.54 Å². The number of fused-ring (bicyclic) bond motifs is 1. The maximum Gasteiger partial charge on any atom is 0.335 e. The second-order valence-electron chi connectivity index (χ2n) is 5.23. The van der Waals surface area contributed by atoms with E-state index in [0.29, 0.717) is 11.0 Å². The number of aromatic nitrogens is 2. The van der Waals surface area contributed by atoms with Crippen LogP contribution in [-0.2, 0) is 6.54 Å². The molecule has 1 N–H and O–H groups in total. The minimum atomic E-state index is -0.904. The fraction of sp³-hybridized carbons (Fsp3) is 0.429. The smallest absolute Gasteiger partial charge is 0.335 e. The highest BCUT2D eigenvalue weighted by Crippen LogP contribution is 2.50. The van der Waals surface area contributed by atoms with Crippen LogP contribution in [-0.4, -0.2) is 20.6 Å². The number of carboxylic acids is 1. The van der Waals surface area contributed by atoms with Crippen molar-refractivity contribution in [3.8, 4) is 0 Å². The Bertz CT molecular complexity index is 611. The summed E-state index contributed by atoms with van der Waals surface area (Å²) in [6, 6.07) is 5.14. The van der Waals surface area contributed by atoms with Crippen LogP contribution < -0.4 is 0 Å². The van der Waals surface area contributed by atoms with Gasteiger partial charge in [0.15, 0.2) is 0 Å². The quantitative estimate of drug-likeness (QED) is 0.899. The van der Waals surface area contributed by atoms with Crippen molar-refractivity contribution in [2.75, 3.05) is 0 Å². The van der Waals surface area contributed by atoms with Gasteiger partial charge in [-0.25, -0.2) is 9.78 Å². The van der Waals surface area contributed by atoms with E-state index >= 15 is 0 Å². The number of nitrogens with zero attached hydrogens (tertiary/aromatic N) is 2. The van der Waals surface area contributed by atoms with E-state index in [2.05, 4.69) is 16.5 Å². The third-order valence-corrected chi connectivity index (χ3v) is 4.08. The van der Waals surface area contributed by atoms with Crippen molar-refractivity contribution in [2.45, 2.75) is 32.7 Å². The van der Waals surface area contributed by atoms with Gasteiger partial charge in [-0.1, -0.05) is 6.92 Å². The van der Waals surface area contributed by atoms with Crippen molar-refractivity contribution in [1.82, 2.24) is 9.55 Å². The Kier molecular flexibility index (Phi) is 2.40. The Morgan fingerprint density at radius 1 is 1.50 bits per heavy atom. The van der Waals surface area contributed by atoms with Gasteiger partial charge in [-0.3, -0.25) is 0 Å². The molecule has 0 atom stereocenters. The van der Waals surface area contributed by atoms with Gasteiger partial charge in [-0.2, -0.15) is 0 Å². The lowest BCUT2D eigenvalue weighted by molar-refractivity contribution is 0.0697. The molecule has 0 bridgehead atoms. The number of carboxylic acid groups (broad SMARTS) is 1. The van der Waals surface area contributed by atoms with Crippen molar-refractivity contribution in [2.24, 2.45) is 5.41 Å². The molecule has 1 heterocycles. The minimum Gasteiger partial charge on any atom is -0.478 e. The molecule has 2 aromatic rings. The molecule has 1 aliphatic rings. The molecule has 3 rings (SSSR count). The van der Waals surface area contributed by atoms with Crippen LogP contribution in [0.2, 0.25) is 0 Å². The van der Waals surface area contributed by atoms with Gasteiger partial charge >= 0.3 is 5.97 Å². The van der Waals surface area contributed by atoms with Gasteiger partial charge in [-0.15, -0.1) is 0 Å². The normalized spacial score (nSPS) is 16.9. The Morgan fingerprint density at radius 2 is 2.28 bits per heavy atom. The summed E-state index contributed by atoms with van der Waals surface area (Å²) in [5.41, 5.74) is 2.55. The average molecular weight is 244 g/mol. The molecule has 0 unspecified atom stereocenters.